The molecule has 0 aliphatic carbocycles. The minimum atomic E-state index is -1.09. The average Bonchev–Trinajstić information content (AvgIpc) is 3.04. The van der Waals surface area contributed by atoms with Gasteiger partial charge in [0.05, 0.1) is 11.4 Å². The van der Waals surface area contributed by atoms with Gasteiger partial charge in [0, 0.05) is 11.3 Å². The number of aromatic amines is 1. The Hall–Kier alpha value is -3.19. The van der Waals surface area contributed by atoms with E-state index >= 15 is 0 Å². The van der Waals surface area contributed by atoms with Crippen LogP contribution in [0.25, 0.3) is 0 Å². The molecule has 1 aliphatic rings. The molecule has 2 aromatic carbocycles. The van der Waals surface area contributed by atoms with Crippen molar-refractivity contribution in [1.82, 2.24) is 15.5 Å². The second-order valence-corrected chi connectivity index (χ2v) is 5.95. The van der Waals surface area contributed by atoms with Gasteiger partial charge in [0.1, 0.15) is 11.5 Å². The fraction of sp³-hybridized carbons (Fsp3) is 0.111. The SMILES string of the molecule is Cc1cc(C2(N)NC(Nc3ccccc3F)=Nc3ccccc32)n[nH]1. The lowest BCUT2D eigenvalue weighted by atomic mass is 9.93. The van der Waals surface area contributed by atoms with E-state index in [2.05, 4.69) is 25.8 Å². The molecule has 0 fully saturated rings. The Labute approximate surface area is 144 Å². The molecule has 0 amide bonds. The zero-order valence-corrected chi connectivity index (χ0v) is 13.5. The second kappa shape index (κ2) is 5.71. The minimum Gasteiger partial charge on any atom is -0.329 e. The fourth-order valence-corrected chi connectivity index (χ4v) is 2.88. The zero-order chi connectivity index (χ0) is 17.4. The molecule has 0 spiro atoms. The number of anilines is 1. The largest absolute Gasteiger partial charge is 0.329 e. The third kappa shape index (κ3) is 2.64. The first kappa shape index (κ1) is 15.3. The summed E-state index contributed by atoms with van der Waals surface area (Å²) in [7, 11) is 0. The smallest absolute Gasteiger partial charge is 0.203 e. The van der Waals surface area contributed by atoms with Gasteiger partial charge in [-0.2, -0.15) is 5.10 Å². The van der Waals surface area contributed by atoms with Crippen LogP contribution in [0.3, 0.4) is 0 Å². The van der Waals surface area contributed by atoms with Crippen LogP contribution in [0.15, 0.2) is 59.6 Å². The predicted molar refractivity (Wildman–Crippen MR) is 95.0 cm³/mol. The number of aryl methyl sites for hydroxylation is 1. The van der Waals surface area contributed by atoms with E-state index in [9.17, 15) is 4.39 Å². The van der Waals surface area contributed by atoms with E-state index < -0.39 is 5.66 Å². The van der Waals surface area contributed by atoms with Crippen LogP contribution in [0.4, 0.5) is 15.8 Å². The van der Waals surface area contributed by atoms with Crippen molar-refractivity contribution in [3.63, 3.8) is 0 Å². The van der Waals surface area contributed by atoms with E-state index in [-0.39, 0.29) is 5.82 Å². The molecule has 2 heterocycles. The number of benzene rings is 2. The molecule has 6 nitrogen and oxygen atoms in total. The van der Waals surface area contributed by atoms with Crippen LogP contribution in [0.5, 0.6) is 0 Å². The van der Waals surface area contributed by atoms with Gasteiger partial charge in [-0.1, -0.05) is 30.3 Å². The highest BCUT2D eigenvalue weighted by Gasteiger charge is 2.38. The van der Waals surface area contributed by atoms with Gasteiger partial charge in [-0.15, -0.1) is 0 Å². The Morgan fingerprint density at radius 2 is 1.88 bits per heavy atom. The van der Waals surface area contributed by atoms with E-state index in [0.29, 0.717) is 23.0 Å². The van der Waals surface area contributed by atoms with Crippen LogP contribution in [0.2, 0.25) is 0 Å². The Bertz CT molecular complexity index is 963. The number of rotatable bonds is 2. The number of nitrogens with one attached hydrogen (secondary N) is 3. The molecule has 4 rings (SSSR count). The molecular formula is C18H17FN6. The Balaban J connectivity index is 1.79. The zero-order valence-electron chi connectivity index (χ0n) is 13.5. The van der Waals surface area contributed by atoms with Crippen molar-refractivity contribution in [2.24, 2.45) is 10.7 Å². The monoisotopic (exact) mass is 336 g/mol. The highest BCUT2D eigenvalue weighted by Crippen LogP contribution is 2.34. The van der Waals surface area contributed by atoms with Crippen molar-refractivity contribution in [3.8, 4) is 0 Å². The lowest BCUT2D eigenvalue weighted by Crippen LogP contribution is -2.57. The van der Waals surface area contributed by atoms with Gasteiger partial charge in [-0.05, 0) is 31.2 Å². The first-order valence-corrected chi connectivity index (χ1v) is 7.85. The summed E-state index contributed by atoms with van der Waals surface area (Å²) in [4.78, 5) is 4.52. The molecule has 1 atom stereocenters. The number of hydrogen-bond donors (Lipinski definition) is 4. The summed E-state index contributed by atoms with van der Waals surface area (Å²) in [6.45, 7) is 1.90. The number of nitrogens with two attached hydrogens (primary N) is 1. The number of hydrogen-bond acceptors (Lipinski definition) is 5. The molecule has 3 aromatic rings. The van der Waals surface area contributed by atoms with Crippen molar-refractivity contribution in [3.05, 3.63) is 77.4 Å². The number of aliphatic imine (C=N–C) groups is 1. The average molecular weight is 336 g/mol. The van der Waals surface area contributed by atoms with E-state index in [1.54, 1.807) is 18.2 Å². The third-order valence-electron chi connectivity index (χ3n) is 4.11. The summed E-state index contributed by atoms with van der Waals surface area (Å²) in [5.41, 5.74) is 8.91. The molecule has 0 saturated carbocycles. The summed E-state index contributed by atoms with van der Waals surface area (Å²) in [6, 6.07) is 15.8. The van der Waals surface area contributed by atoms with Gasteiger partial charge in [-0.25, -0.2) is 9.38 Å². The quantitative estimate of drug-likeness (QED) is 0.579. The summed E-state index contributed by atoms with van der Waals surface area (Å²) in [5.74, 6) is -0.0175. The van der Waals surface area contributed by atoms with Crippen LogP contribution < -0.4 is 16.4 Å². The lowest BCUT2D eigenvalue weighted by Gasteiger charge is -2.35. The first-order valence-electron chi connectivity index (χ1n) is 7.85. The lowest BCUT2D eigenvalue weighted by molar-refractivity contribution is 0.476. The van der Waals surface area contributed by atoms with Crippen LogP contribution in [-0.2, 0) is 5.66 Å². The number of halogens is 1. The van der Waals surface area contributed by atoms with Gasteiger partial charge in [-0.3, -0.25) is 10.8 Å². The summed E-state index contributed by atoms with van der Waals surface area (Å²) >= 11 is 0. The minimum absolute atomic E-state index is 0.314. The Morgan fingerprint density at radius 1 is 1.12 bits per heavy atom. The van der Waals surface area contributed by atoms with Crippen molar-refractivity contribution in [2.45, 2.75) is 12.6 Å². The number of para-hydroxylation sites is 2. The normalized spacial score (nSPS) is 18.9. The number of H-pyrrole nitrogens is 1. The molecule has 1 unspecified atom stereocenters. The van der Waals surface area contributed by atoms with Crippen molar-refractivity contribution in [1.29, 1.82) is 0 Å². The Kier molecular flexibility index (Phi) is 3.51. The molecule has 1 aliphatic heterocycles. The number of aromatic nitrogens is 2. The molecular weight excluding hydrogens is 319 g/mol. The fourth-order valence-electron chi connectivity index (χ4n) is 2.88. The Morgan fingerprint density at radius 3 is 2.64 bits per heavy atom. The van der Waals surface area contributed by atoms with Crippen LogP contribution in [-0.4, -0.2) is 16.2 Å². The van der Waals surface area contributed by atoms with Gasteiger partial charge in [0.25, 0.3) is 0 Å². The van der Waals surface area contributed by atoms with E-state index in [4.69, 9.17) is 5.73 Å². The molecule has 7 heteroatoms. The first-order chi connectivity index (χ1) is 12.1. The van der Waals surface area contributed by atoms with E-state index in [0.717, 1.165) is 11.3 Å². The number of guanidine groups is 1. The van der Waals surface area contributed by atoms with Gasteiger partial charge in [0.15, 0.2) is 5.66 Å². The van der Waals surface area contributed by atoms with E-state index in [1.165, 1.54) is 6.07 Å². The van der Waals surface area contributed by atoms with E-state index in [1.807, 2.05) is 37.3 Å². The molecule has 1 aromatic heterocycles. The van der Waals surface area contributed by atoms with Gasteiger partial charge in [0.2, 0.25) is 5.96 Å². The molecule has 25 heavy (non-hydrogen) atoms. The van der Waals surface area contributed by atoms with Crippen molar-refractivity contribution in [2.75, 3.05) is 5.32 Å². The number of fused-ring (bicyclic) bond motifs is 1. The molecule has 0 saturated heterocycles. The maximum absolute atomic E-state index is 14.0. The molecule has 0 radical (unpaired) electrons. The van der Waals surface area contributed by atoms with Crippen LogP contribution >= 0.6 is 0 Å². The third-order valence-corrected chi connectivity index (χ3v) is 4.11. The van der Waals surface area contributed by atoms with Gasteiger partial charge >= 0.3 is 0 Å². The number of nitrogens with zero attached hydrogens (tertiary/aromatic N) is 2. The van der Waals surface area contributed by atoms with Crippen LogP contribution in [0, 0.1) is 12.7 Å². The maximum atomic E-state index is 14.0. The topological polar surface area (TPSA) is 91.1 Å². The van der Waals surface area contributed by atoms with Crippen LogP contribution in [0.1, 0.15) is 17.0 Å². The standard InChI is InChI=1S/C18H17FN6/c1-11-10-16(25-24-11)18(20)12-6-2-4-8-14(12)21-17(23-18)22-15-9-5-3-7-13(15)19/h2-10H,20H2,1H3,(H,24,25)(H2,21,22,23). The highest BCUT2D eigenvalue weighted by molar-refractivity contribution is 5.98. The molecule has 5 N–H and O–H groups in total. The molecule has 0 bridgehead atoms. The van der Waals surface area contributed by atoms with Crippen molar-refractivity contribution < 1.29 is 4.39 Å². The second-order valence-electron chi connectivity index (χ2n) is 5.95. The highest BCUT2D eigenvalue weighted by atomic mass is 19.1. The summed E-state index contributed by atoms with van der Waals surface area (Å²) in [5, 5.41) is 13.3. The maximum Gasteiger partial charge on any atom is 0.203 e. The molecule has 126 valence electrons. The summed E-state index contributed by atoms with van der Waals surface area (Å²) in [6.07, 6.45) is 0. The van der Waals surface area contributed by atoms with Gasteiger partial charge < -0.3 is 10.6 Å². The van der Waals surface area contributed by atoms with Crippen molar-refractivity contribution >= 4 is 17.3 Å². The predicted octanol–water partition coefficient (Wildman–Crippen LogP) is 2.72. The summed E-state index contributed by atoms with van der Waals surface area (Å²) < 4.78 is 14.0.